The van der Waals surface area contributed by atoms with E-state index < -0.39 is 5.95 Å². The van der Waals surface area contributed by atoms with Gasteiger partial charge in [0, 0.05) is 37.3 Å². The molecule has 3 aromatic rings. The summed E-state index contributed by atoms with van der Waals surface area (Å²) in [6.07, 6.45) is 2.80. The molecule has 0 spiro atoms. The van der Waals surface area contributed by atoms with Crippen LogP contribution in [0.3, 0.4) is 0 Å². The predicted octanol–water partition coefficient (Wildman–Crippen LogP) is 5.38. The number of rotatable bonds is 7. The van der Waals surface area contributed by atoms with Gasteiger partial charge in [0.05, 0.1) is 0 Å². The predicted molar refractivity (Wildman–Crippen MR) is 117 cm³/mol. The first-order valence-corrected chi connectivity index (χ1v) is 10.00. The topological polar surface area (TPSA) is 50.3 Å². The standard InChI is InChI=1S/C25H25FN2O2/c1-4-25(30)28(3)21-10-7-19(8-11-21)20-9-12-22(17(2)15-20)23(29)13-5-18-6-14-24(26)27-16-18/h6-12,14-16H,4-5,13H2,1-3H3. The number of carbonyl (C=O) groups excluding carboxylic acids is 2. The van der Waals surface area contributed by atoms with Gasteiger partial charge in [0.15, 0.2) is 5.78 Å². The molecule has 0 unspecified atom stereocenters. The lowest BCUT2D eigenvalue weighted by Gasteiger charge is -2.17. The van der Waals surface area contributed by atoms with Crippen LogP contribution in [0, 0.1) is 12.9 Å². The van der Waals surface area contributed by atoms with Gasteiger partial charge in [-0.3, -0.25) is 9.59 Å². The van der Waals surface area contributed by atoms with E-state index in [1.807, 2.05) is 56.3 Å². The summed E-state index contributed by atoms with van der Waals surface area (Å²) in [5, 5.41) is 0. The molecule has 0 saturated heterocycles. The molecule has 1 amide bonds. The number of aromatic nitrogens is 1. The molecule has 0 aliphatic carbocycles. The number of benzene rings is 2. The van der Waals surface area contributed by atoms with Crippen LogP contribution in [0.5, 0.6) is 0 Å². The van der Waals surface area contributed by atoms with Crippen molar-refractivity contribution in [1.29, 1.82) is 0 Å². The summed E-state index contributed by atoms with van der Waals surface area (Å²) in [7, 11) is 1.77. The molecule has 0 fully saturated rings. The van der Waals surface area contributed by atoms with Gasteiger partial charge < -0.3 is 4.90 Å². The Balaban J connectivity index is 1.70. The fraction of sp³-hybridized carbons (Fsp3) is 0.240. The van der Waals surface area contributed by atoms with Crippen molar-refractivity contribution in [3.05, 3.63) is 83.4 Å². The van der Waals surface area contributed by atoms with Crippen molar-refractivity contribution < 1.29 is 14.0 Å². The van der Waals surface area contributed by atoms with Crippen LogP contribution in [0.4, 0.5) is 10.1 Å². The second-order valence-corrected chi connectivity index (χ2v) is 7.30. The summed E-state index contributed by atoms with van der Waals surface area (Å²) >= 11 is 0. The Labute approximate surface area is 176 Å². The van der Waals surface area contributed by atoms with Gasteiger partial charge in [-0.2, -0.15) is 4.39 Å². The number of hydrogen-bond donors (Lipinski definition) is 0. The van der Waals surface area contributed by atoms with Crippen molar-refractivity contribution in [2.45, 2.75) is 33.1 Å². The van der Waals surface area contributed by atoms with E-state index >= 15 is 0 Å². The van der Waals surface area contributed by atoms with E-state index in [-0.39, 0.29) is 11.7 Å². The van der Waals surface area contributed by atoms with Crippen LogP contribution in [0.1, 0.15) is 41.3 Å². The maximum absolute atomic E-state index is 12.9. The molecule has 0 bridgehead atoms. The van der Waals surface area contributed by atoms with E-state index in [0.717, 1.165) is 27.9 Å². The van der Waals surface area contributed by atoms with Gasteiger partial charge in [0.1, 0.15) is 0 Å². The van der Waals surface area contributed by atoms with E-state index in [9.17, 15) is 14.0 Å². The number of ketones is 1. The van der Waals surface area contributed by atoms with E-state index in [0.29, 0.717) is 24.8 Å². The second-order valence-electron chi connectivity index (χ2n) is 7.30. The summed E-state index contributed by atoms with van der Waals surface area (Å²) in [5.41, 5.74) is 5.34. The van der Waals surface area contributed by atoms with Gasteiger partial charge in [-0.25, -0.2) is 4.98 Å². The zero-order valence-corrected chi connectivity index (χ0v) is 17.5. The van der Waals surface area contributed by atoms with Crippen LogP contribution in [-0.4, -0.2) is 23.7 Å². The first-order chi connectivity index (χ1) is 14.4. The molecular formula is C25H25FN2O2. The van der Waals surface area contributed by atoms with Crippen LogP contribution in [0.25, 0.3) is 11.1 Å². The van der Waals surface area contributed by atoms with E-state index in [1.54, 1.807) is 18.0 Å². The minimum absolute atomic E-state index is 0.0541. The number of nitrogens with zero attached hydrogens (tertiary/aromatic N) is 2. The lowest BCUT2D eigenvalue weighted by Crippen LogP contribution is -2.24. The minimum atomic E-state index is -0.520. The average Bonchev–Trinajstić information content (AvgIpc) is 2.77. The Hall–Kier alpha value is -3.34. The lowest BCUT2D eigenvalue weighted by molar-refractivity contribution is -0.118. The quantitative estimate of drug-likeness (QED) is 0.392. The molecule has 5 heteroatoms. The fourth-order valence-corrected chi connectivity index (χ4v) is 3.36. The zero-order valence-electron chi connectivity index (χ0n) is 17.5. The highest BCUT2D eigenvalue weighted by Crippen LogP contribution is 2.26. The molecule has 0 radical (unpaired) electrons. The highest BCUT2D eigenvalue weighted by molar-refractivity contribution is 5.98. The van der Waals surface area contributed by atoms with Crippen molar-refractivity contribution in [3.63, 3.8) is 0 Å². The van der Waals surface area contributed by atoms with Crippen LogP contribution in [-0.2, 0) is 11.2 Å². The first kappa shape index (κ1) is 21.4. The third-order valence-corrected chi connectivity index (χ3v) is 5.22. The maximum Gasteiger partial charge on any atom is 0.226 e. The Morgan fingerprint density at radius 3 is 2.30 bits per heavy atom. The van der Waals surface area contributed by atoms with Crippen LogP contribution in [0.2, 0.25) is 0 Å². The highest BCUT2D eigenvalue weighted by Gasteiger charge is 2.12. The largest absolute Gasteiger partial charge is 0.316 e. The van der Waals surface area contributed by atoms with Gasteiger partial charge in [-0.15, -0.1) is 0 Å². The number of carbonyl (C=O) groups is 2. The maximum atomic E-state index is 12.9. The SMILES string of the molecule is CCC(=O)N(C)c1ccc(-c2ccc(C(=O)CCc3ccc(F)nc3)c(C)c2)cc1. The summed E-state index contributed by atoms with van der Waals surface area (Å²) in [4.78, 5) is 29.7. The van der Waals surface area contributed by atoms with Crippen LogP contribution < -0.4 is 4.90 Å². The van der Waals surface area contributed by atoms with E-state index in [4.69, 9.17) is 0 Å². The molecule has 3 rings (SSSR count). The average molecular weight is 404 g/mol. The van der Waals surface area contributed by atoms with E-state index in [2.05, 4.69) is 4.98 Å². The van der Waals surface area contributed by atoms with Gasteiger partial charge in [0.25, 0.3) is 0 Å². The summed E-state index contributed by atoms with van der Waals surface area (Å²) in [5.74, 6) is -0.399. The zero-order chi connectivity index (χ0) is 21.7. The molecule has 2 aromatic carbocycles. The third kappa shape index (κ3) is 4.98. The normalized spacial score (nSPS) is 10.7. The molecule has 0 saturated carbocycles. The Morgan fingerprint density at radius 1 is 1.00 bits per heavy atom. The third-order valence-electron chi connectivity index (χ3n) is 5.22. The molecule has 0 atom stereocenters. The monoisotopic (exact) mass is 404 g/mol. The number of Topliss-reactive ketones (excluding diaryl/α,β-unsaturated/α-hetero) is 1. The molecule has 0 N–H and O–H groups in total. The van der Waals surface area contributed by atoms with Crippen LogP contribution >= 0.6 is 0 Å². The Kier molecular flexibility index (Phi) is 6.72. The number of amides is 1. The number of aryl methyl sites for hydroxylation is 2. The van der Waals surface area contributed by atoms with Gasteiger partial charge in [0.2, 0.25) is 11.9 Å². The summed E-state index contributed by atoms with van der Waals surface area (Å²) in [6.45, 7) is 3.77. The molecule has 1 heterocycles. The number of halogens is 1. The lowest BCUT2D eigenvalue weighted by atomic mass is 9.95. The van der Waals surface area contributed by atoms with Crippen molar-refractivity contribution in [1.82, 2.24) is 4.98 Å². The molecule has 154 valence electrons. The highest BCUT2D eigenvalue weighted by atomic mass is 19.1. The smallest absolute Gasteiger partial charge is 0.226 e. The fourth-order valence-electron chi connectivity index (χ4n) is 3.36. The molecular weight excluding hydrogens is 379 g/mol. The second kappa shape index (κ2) is 9.44. The van der Waals surface area contributed by atoms with Crippen molar-refractivity contribution in [2.24, 2.45) is 0 Å². The van der Waals surface area contributed by atoms with Gasteiger partial charge in [-0.05, 0) is 53.8 Å². The van der Waals surface area contributed by atoms with Crippen LogP contribution in [0.15, 0.2) is 60.8 Å². The minimum Gasteiger partial charge on any atom is -0.316 e. The molecule has 0 aliphatic heterocycles. The number of hydrogen-bond acceptors (Lipinski definition) is 3. The molecule has 4 nitrogen and oxygen atoms in total. The first-order valence-electron chi connectivity index (χ1n) is 10.00. The van der Waals surface area contributed by atoms with Crippen molar-refractivity contribution in [3.8, 4) is 11.1 Å². The van der Waals surface area contributed by atoms with E-state index in [1.165, 1.54) is 12.3 Å². The van der Waals surface area contributed by atoms with Crippen molar-refractivity contribution >= 4 is 17.4 Å². The van der Waals surface area contributed by atoms with Gasteiger partial charge in [-0.1, -0.05) is 43.3 Å². The Bertz CT molecular complexity index is 1040. The van der Waals surface area contributed by atoms with Gasteiger partial charge >= 0.3 is 0 Å². The number of anilines is 1. The Morgan fingerprint density at radius 2 is 1.70 bits per heavy atom. The molecule has 0 aliphatic rings. The van der Waals surface area contributed by atoms with Crippen molar-refractivity contribution in [2.75, 3.05) is 11.9 Å². The molecule has 30 heavy (non-hydrogen) atoms. The number of pyridine rings is 1. The summed E-state index contributed by atoms with van der Waals surface area (Å²) < 4.78 is 12.9. The summed E-state index contributed by atoms with van der Waals surface area (Å²) in [6, 6.07) is 16.6. The molecule has 1 aromatic heterocycles.